The molecule has 2 aromatic rings. The third-order valence-corrected chi connectivity index (χ3v) is 4.03. The Morgan fingerprint density at radius 2 is 1.86 bits per heavy atom. The van der Waals surface area contributed by atoms with E-state index in [-0.39, 0.29) is 11.8 Å². The van der Waals surface area contributed by atoms with Gasteiger partial charge in [0.1, 0.15) is 0 Å². The summed E-state index contributed by atoms with van der Waals surface area (Å²) in [6.45, 7) is 4.02. The fourth-order valence-electron chi connectivity index (χ4n) is 2.55. The zero-order chi connectivity index (χ0) is 15.7. The molecular weight excluding hydrogens is 276 g/mol. The van der Waals surface area contributed by atoms with Crippen LogP contribution in [0.1, 0.15) is 33.5 Å². The first-order valence-corrected chi connectivity index (χ1v) is 7.34. The highest BCUT2D eigenvalue weighted by Gasteiger charge is 2.15. The second-order valence-electron chi connectivity index (χ2n) is 5.67. The molecule has 0 saturated heterocycles. The molecule has 0 aliphatic carbocycles. The average Bonchev–Trinajstić information content (AvgIpc) is 2.50. The Bertz CT molecular complexity index is 766. The van der Waals surface area contributed by atoms with Crippen molar-refractivity contribution in [3.8, 4) is 0 Å². The van der Waals surface area contributed by atoms with Crippen LogP contribution in [0, 0.1) is 13.8 Å². The largest absolute Gasteiger partial charge is 0.326 e. The maximum Gasteiger partial charge on any atom is 0.255 e. The van der Waals surface area contributed by atoms with Crippen LogP contribution in [-0.4, -0.2) is 11.8 Å². The molecule has 1 aliphatic rings. The van der Waals surface area contributed by atoms with Crippen molar-refractivity contribution in [3.05, 3.63) is 58.7 Å². The Balaban J connectivity index is 1.79. The molecular formula is C18H18N2O2. The summed E-state index contributed by atoms with van der Waals surface area (Å²) in [6, 6.07) is 11.2. The van der Waals surface area contributed by atoms with Crippen LogP contribution < -0.4 is 10.6 Å². The number of nitrogens with one attached hydrogen (secondary N) is 2. The molecule has 0 unspecified atom stereocenters. The van der Waals surface area contributed by atoms with E-state index in [2.05, 4.69) is 10.6 Å². The lowest BCUT2D eigenvalue weighted by Crippen LogP contribution is -2.19. The molecule has 0 bridgehead atoms. The van der Waals surface area contributed by atoms with Crippen molar-refractivity contribution >= 4 is 23.2 Å². The Labute approximate surface area is 129 Å². The lowest BCUT2D eigenvalue weighted by Gasteiger charge is -2.17. The van der Waals surface area contributed by atoms with Gasteiger partial charge in [0.2, 0.25) is 5.91 Å². The maximum atomic E-state index is 12.3. The minimum atomic E-state index is -0.122. The molecule has 0 fully saturated rings. The van der Waals surface area contributed by atoms with Crippen LogP contribution in [0.3, 0.4) is 0 Å². The van der Waals surface area contributed by atoms with Gasteiger partial charge in [0.15, 0.2) is 0 Å². The van der Waals surface area contributed by atoms with Crippen molar-refractivity contribution < 1.29 is 9.59 Å². The molecule has 2 N–H and O–H groups in total. The summed E-state index contributed by atoms with van der Waals surface area (Å²) in [5, 5.41) is 5.75. The average molecular weight is 294 g/mol. The highest BCUT2D eigenvalue weighted by Crippen LogP contribution is 2.26. The molecule has 2 amide bonds. The number of amides is 2. The molecule has 3 rings (SSSR count). The van der Waals surface area contributed by atoms with Gasteiger partial charge in [-0.2, -0.15) is 0 Å². The molecule has 1 aliphatic heterocycles. The van der Waals surface area contributed by atoms with Crippen LogP contribution in [0.25, 0.3) is 0 Å². The molecule has 112 valence electrons. The van der Waals surface area contributed by atoms with Gasteiger partial charge in [-0.15, -0.1) is 0 Å². The predicted molar refractivity (Wildman–Crippen MR) is 87.3 cm³/mol. The number of carbonyl (C=O) groups is 2. The molecule has 2 aromatic carbocycles. The van der Waals surface area contributed by atoms with E-state index in [0.717, 1.165) is 22.5 Å². The number of fused-ring (bicyclic) bond motifs is 1. The Hall–Kier alpha value is -2.62. The summed E-state index contributed by atoms with van der Waals surface area (Å²) in [5.74, 6) is -0.0812. The minimum Gasteiger partial charge on any atom is -0.326 e. The molecule has 0 aromatic heterocycles. The smallest absolute Gasteiger partial charge is 0.255 e. The van der Waals surface area contributed by atoms with E-state index >= 15 is 0 Å². The highest BCUT2D eigenvalue weighted by molar-refractivity contribution is 6.04. The summed E-state index contributed by atoms with van der Waals surface area (Å²) < 4.78 is 0. The minimum absolute atomic E-state index is 0.0411. The number of hydrogen-bond donors (Lipinski definition) is 2. The van der Waals surface area contributed by atoms with Crippen LogP contribution in [0.2, 0.25) is 0 Å². The van der Waals surface area contributed by atoms with Crippen LogP contribution in [0.15, 0.2) is 36.4 Å². The number of rotatable bonds is 2. The van der Waals surface area contributed by atoms with Crippen LogP contribution in [0.4, 0.5) is 11.4 Å². The first-order valence-electron chi connectivity index (χ1n) is 7.34. The third-order valence-electron chi connectivity index (χ3n) is 4.03. The molecule has 0 spiro atoms. The summed E-state index contributed by atoms with van der Waals surface area (Å²) in [5.41, 5.74) is 5.55. The van der Waals surface area contributed by atoms with Gasteiger partial charge in [0.05, 0.1) is 0 Å². The van der Waals surface area contributed by atoms with Crippen molar-refractivity contribution in [2.75, 3.05) is 10.6 Å². The fourth-order valence-corrected chi connectivity index (χ4v) is 2.55. The SMILES string of the molecule is Cc1ccc(C(=O)Nc2ccc3c(c2)CCC(=O)N3)cc1C. The van der Waals surface area contributed by atoms with Gasteiger partial charge in [-0.3, -0.25) is 9.59 Å². The van der Waals surface area contributed by atoms with Crippen LogP contribution >= 0.6 is 0 Å². The fraction of sp³-hybridized carbons (Fsp3) is 0.222. The monoisotopic (exact) mass is 294 g/mol. The summed E-state index contributed by atoms with van der Waals surface area (Å²) >= 11 is 0. The summed E-state index contributed by atoms with van der Waals surface area (Å²) in [6.07, 6.45) is 1.19. The third kappa shape index (κ3) is 2.86. The normalized spacial score (nSPS) is 13.3. The van der Waals surface area contributed by atoms with E-state index in [0.29, 0.717) is 18.4 Å². The molecule has 1 heterocycles. The van der Waals surface area contributed by atoms with E-state index in [9.17, 15) is 9.59 Å². The van der Waals surface area contributed by atoms with E-state index in [1.807, 2.05) is 50.2 Å². The van der Waals surface area contributed by atoms with Crippen molar-refractivity contribution in [2.45, 2.75) is 26.7 Å². The summed E-state index contributed by atoms with van der Waals surface area (Å²) in [4.78, 5) is 23.7. The van der Waals surface area contributed by atoms with Crippen LogP contribution in [0.5, 0.6) is 0 Å². The zero-order valence-electron chi connectivity index (χ0n) is 12.7. The van der Waals surface area contributed by atoms with E-state index in [1.165, 1.54) is 5.56 Å². The number of hydrogen-bond acceptors (Lipinski definition) is 2. The molecule has 4 nitrogen and oxygen atoms in total. The van der Waals surface area contributed by atoms with Gasteiger partial charge in [0.25, 0.3) is 5.91 Å². The van der Waals surface area contributed by atoms with E-state index in [1.54, 1.807) is 0 Å². The first-order chi connectivity index (χ1) is 10.5. The highest BCUT2D eigenvalue weighted by atomic mass is 16.2. The molecule has 0 atom stereocenters. The zero-order valence-corrected chi connectivity index (χ0v) is 12.7. The van der Waals surface area contributed by atoms with E-state index < -0.39 is 0 Å². The quantitative estimate of drug-likeness (QED) is 0.891. The van der Waals surface area contributed by atoms with Crippen molar-refractivity contribution in [3.63, 3.8) is 0 Å². The predicted octanol–water partition coefficient (Wildman–Crippen LogP) is 3.44. The number of anilines is 2. The number of benzene rings is 2. The molecule has 0 radical (unpaired) electrons. The first kappa shape index (κ1) is 14.3. The molecule has 4 heteroatoms. The lowest BCUT2D eigenvalue weighted by molar-refractivity contribution is -0.116. The van der Waals surface area contributed by atoms with Gasteiger partial charge in [-0.1, -0.05) is 6.07 Å². The lowest BCUT2D eigenvalue weighted by atomic mass is 10.0. The maximum absolute atomic E-state index is 12.3. The van der Waals surface area contributed by atoms with Crippen molar-refractivity contribution in [1.82, 2.24) is 0 Å². The van der Waals surface area contributed by atoms with Crippen molar-refractivity contribution in [1.29, 1.82) is 0 Å². The molecule has 22 heavy (non-hydrogen) atoms. The van der Waals surface area contributed by atoms with Gasteiger partial charge in [0, 0.05) is 23.4 Å². The van der Waals surface area contributed by atoms with Gasteiger partial charge >= 0.3 is 0 Å². The number of aryl methyl sites for hydroxylation is 3. The Morgan fingerprint density at radius 3 is 2.64 bits per heavy atom. The van der Waals surface area contributed by atoms with Gasteiger partial charge < -0.3 is 10.6 Å². The van der Waals surface area contributed by atoms with Gasteiger partial charge in [-0.25, -0.2) is 0 Å². The second-order valence-corrected chi connectivity index (χ2v) is 5.67. The number of carbonyl (C=O) groups excluding carboxylic acids is 2. The topological polar surface area (TPSA) is 58.2 Å². The Kier molecular flexibility index (Phi) is 3.67. The summed E-state index contributed by atoms with van der Waals surface area (Å²) in [7, 11) is 0. The van der Waals surface area contributed by atoms with Crippen molar-refractivity contribution in [2.24, 2.45) is 0 Å². The Morgan fingerprint density at radius 1 is 1.05 bits per heavy atom. The molecule has 0 saturated carbocycles. The standard InChI is InChI=1S/C18H18N2O2/c1-11-3-4-14(9-12(11)2)18(22)19-15-6-7-16-13(10-15)5-8-17(21)20-16/h3-4,6-7,9-10H,5,8H2,1-2H3,(H,19,22)(H,20,21). The van der Waals surface area contributed by atoms with E-state index in [4.69, 9.17) is 0 Å². The van der Waals surface area contributed by atoms with Crippen LogP contribution in [-0.2, 0) is 11.2 Å². The second kappa shape index (κ2) is 5.64. The van der Waals surface area contributed by atoms with Gasteiger partial charge in [-0.05, 0) is 67.3 Å².